The molecule has 0 saturated carbocycles. The second-order valence-electron chi connectivity index (χ2n) is 0. The Morgan fingerprint density at radius 2 is 0.176 bits per heavy atom. The molecule has 0 radical (unpaired) electrons. The zero-order valence-electron chi connectivity index (χ0n) is 7.17. The Hall–Kier alpha value is 2.96. The van der Waals surface area contributed by atoms with Crippen molar-refractivity contribution in [3.05, 3.63) is 36.9 Å². The zero-order chi connectivity index (χ0) is 0. The van der Waals surface area contributed by atoms with E-state index in [1.807, 2.05) is 0 Å². The van der Waals surface area contributed by atoms with Crippen LogP contribution in [0, 0.1) is 0 Å². The van der Waals surface area contributed by atoms with Gasteiger partial charge in [-0.05, 0) is 0 Å². The average molecular weight is 660 g/mol. The van der Waals surface area contributed by atoms with Crippen LogP contribution in [0.3, 0.4) is 0 Å². The molecule has 0 aliphatic carbocycles. The second kappa shape index (κ2) is 697. The van der Waals surface area contributed by atoms with Crippen molar-refractivity contribution in [3.63, 3.8) is 0 Å². The van der Waals surface area contributed by atoms with Gasteiger partial charge in [0.05, 0.1) is 0 Å². The largest absolute Gasteiger partial charge is 6.00 e. The molecule has 0 bridgehead atoms. The fourth-order valence-electron chi connectivity index (χ4n) is 0. The molecule has 96 valence electrons. The molecule has 0 heterocycles. The van der Waals surface area contributed by atoms with Crippen LogP contribution in [0.2, 0.25) is 0 Å². The van der Waals surface area contributed by atoms with Crippen LogP contribution in [0.1, 0.15) is 0 Å². The van der Waals surface area contributed by atoms with E-state index >= 15 is 0 Å². The predicted molar refractivity (Wildman–Crippen MR) is 24.3 cm³/mol. The molecule has 0 amide bonds. The topological polar surface area (TPSA) is 354 Å². The van der Waals surface area contributed by atoms with Gasteiger partial charge in [-0.2, -0.15) is 0 Å². The summed E-state index contributed by atoms with van der Waals surface area (Å²) in [4.78, 5) is 0. The van der Waals surface area contributed by atoms with Crippen molar-refractivity contribution in [3.8, 4) is 0 Å². The van der Waals surface area contributed by atoms with Crippen molar-refractivity contribution in [1.29, 1.82) is 0 Å². The Labute approximate surface area is 173 Å². The number of rotatable bonds is 0. The quantitative estimate of drug-likeness (QED) is 0.328. The van der Waals surface area contributed by atoms with Gasteiger partial charge in [0.2, 0.25) is 0 Å². The van der Waals surface area contributed by atoms with E-state index in [9.17, 15) is 0 Å². The fourth-order valence-corrected chi connectivity index (χ4v) is 0. The standard InChI is InChI=1S/5Mo.6N.6O/q5*+6;6*-3;6*-2. The summed E-state index contributed by atoms with van der Waals surface area (Å²) in [6, 6.07) is 0. The Morgan fingerprint density at radius 3 is 0.176 bits per heavy atom. The normalized spacial score (nSPS) is 0. The number of hydrogen-bond acceptors (Lipinski definition) is 0. The van der Waals surface area contributed by atoms with Gasteiger partial charge in [0, 0.05) is 0 Å². The van der Waals surface area contributed by atoms with E-state index in [4.69, 9.17) is 0 Å². The molecule has 0 atom stereocenters. The molecular weight excluding hydrogens is 660 g/mol. The van der Waals surface area contributed by atoms with Crippen LogP contribution in [-0.4, -0.2) is 0 Å². The molecule has 0 rings (SSSR count). The molecule has 0 saturated heterocycles. The van der Waals surface area contributed by atoms with Crippen LogP contribution in [-0.2, 0) is 138 Å². The third kappa shape index (κ3) is 622. The van der Waals surface area contributed by atoms with E-state index in [1.165, 1.54) is 0 Å². The third-order valence-corrected chi connectivity index (χ3v) is 0. The molecule has 0 aromatic rings. The Kier molecular flexibility index (Phi) is 33600. The summed E-state index contributed by atoms with van der Waals surface area (Å²) in [5.74, 6) is 0. The van der Waals surface area contributed by atoms with Gasteiger partial charge in [-0.25, -0.2) is 0 Å². The predicted octanol–water partition coefficient (Wildman–Crippen LogP) is 1.01. The SMILES string of the molecule is [Mo+6].[Mo+6].[Mo+6].[Mo+6].[Mo+6].[N-3].[N-3].[N-3].[N-3].[N-3].[N-3].[O-2].[O-2].[O-2].[O-2].[O-2].[O-2]. The molecule has 17 heteroatoms. The minimum absolute atomic E-state index is 0. The first-order valence-electron chi connectivity index (χ1n) is 0. The summed E-state index contributed by atoms with van der Waals surface area (Å²) >= 11 is 0. The van der Waals surface area contributed by atoms with Crippen LogP contribution < -0.4 is 0 Å². The van der Waals surface area contributed by atoms with E-state index < -0.39 is 0 Å². The first-order chi connectivity index (χ1) is 0. The molecule has 0 fully saturated rings. The molecular formula is Mo5N6O6. The van der Waals surface area contributed by atoms with Crippen LogP contribution in [0.5, 0.6) is 0 Å². The maximum Gasteiger partial charge on any atom is 6.00 e. The van der Waals surface area contributed by atoms with Crippen molar-refractivity contribution in [2.45, 2.75) is 0 Å². The smallest absolute Gasteiger partial charge is 3.00 e. The van der Waals surface area contributed by atoms with Crippen LogP contribution in [0.4, 0.5) is 0 Å². The molecule has 17 heavy (non-hydrogen) atoms. The molecule has 0 N–H and O–H groups in total. The van der Waals surface area contributed by atoms with E-state index in [-0.39, 0.29) is 175 Å². The molecule has 0 aromatic carbocycles. The maximum absolute atomic E-state index is 0. The minimum Gasteiger partial charge on any atom is -3.00 e. The maximum atomic E-state index is 0. The van der Waals surface area contributed by atoms with Gasteiger partial charge >= 0.3 is 105 Å². The molecule has 0 spiro atoms. The van der Waals surface area contributed by atoms with Gasteiger partial charge < -0.3 is 69.8 Å². The molecule has 0 aliphatic rings. The third-order valence-electron chi connectivity index (χ3n) is 0. The summed E-state index contributed by atoms with van der Waals surface area (Å²) in [7, 11) is 0. The van der Waals surface area contributed by atoms with Crippen molar-refractivity contribution in [2.75, 3.05) is 0 Å². The van der Waals surface area contributed by atoms with Crippen LogP contribution in [0.15, 0.2) is 0 Å². The van der Waals surface area contributed by atoms with E-state index in [0.717, 1.165) is 0 Å². The van der Waals surface area contributed by atoms with Crippen molar-refractivity contribution in [2.24, 2.45) is 0 Å². The summed E-state index contributed by atoms with van der Waals surface area (Å²) in [6.45, 7) is 0. The second-order valence-corrected chi connectivity index (χ2v) is 0. The van der Waals surface area contributed by atoms with Crippen LogP contribution in [0.25, 0.3) is 36.9 Å². The number of nitrogens with zero attached hydrogens (tertiary/aromatic N) is 6. The van der Waals surface area contributed by atoms with E-state index in [2.05, 4.69) is 0 Å². The van der Waals surface area contributed by atoms with Crippen molar-refractivity contribution in [1.82, 2.24) is 0 Å². The summed E-state index contributed by atoms with van der Waals surface area (Å²) in [6.07, 6.45) is 0. The van der Waals surface area contributed by atoms with Crippen LogP contribution >= 0.6 is 0 Å². The summed E-state index contributed by atoms with van der Waals surface area (Å²) < 4.78 is 0. The summed E-state index contributed by atoms with van der Waals surface area (Å²) in [5, 5.41) is 0. The van der Waals surface area contributed by atoms with E-state index in [1.54, 1.807) is 0 Å². The van der Waals surface area contributed by atoms with Gasteiger partial charge in [0.25, 0.3) is 0 Å². The van der Waals surface area contributed by atoms with Gasteiger partial charge in [-0.3, -0.25) is 0 Å². The van der Waals surface area contributed by atoms with Gasteiger partial charge in [0.15, 0.2) is 0 Å². The molecule has 0 unspecified atom stereocenters. The average Bonchev–Trinajstić information content (AvgIpc) is 0. The first kappa shape index (κ1) is 818. The summed E-state index contributed by atoms with van der Waals surface area (Å²) in [5.41, 5.74) is 0. The van der Waals surface area contributed by atoms with Crippen molar-refractivity contribution >= 4 is 0 Å². The Balaban J connectivity index is 0. The molecule has 0 aliphatic heterocycles. The molecule has 12 nitrogen and oxygen atoms in total. The van der Waals surface area contributed by atoms with E-state index in [0.29, 0.717) is 0 Å². The fraction of sp³-hybridized carbons (Fsp3) is 0. The van der Waals surface area contributed by atoms with Gasteiger partial charge in [0.1, 0.15) is 0 Å². The Bertz CT molecular complexity index is 26.9. The van der Waals surface area contributed by atoms with Gasteiger partial charge in [-0.15, -0.1) is 0 Å². The zero-order valence-corrected chi connectivity index (χ0v) is 17.2. The first-order valence-corrected chi connectivity index (χ1v) is 0. The Morgan fingerprint density at radius 1 is 0.176 bits per heavy atom. The van der Waals surface area contributed by atoms with Gasteiger partial charge in [-0.1, -0.05) is 0 Å². The molecule has 0 aromatic heterocycles. The van der Waals surface area contributed by atoms with Crippen molar-refractivity contribution < 1.29 is 138 Å². The minimum atomic E-state index is 0. The number of hydrogen-bond donors (Lipinski definition) is 0. The monoisotopic (exact) mass is 670 g/mol.